The van der Waals surface area contributed by atoms with Gasteiger partial charge in [0.1, 0.15) is 6.67 Å². The number of alkyl halides is 1. The van der Waals surface area contributed by atoms with Crippen LogP contribution in [0, 0.1) is 6.92 Å². The van der Waals surface area contributed by atoms with E-state index in [1.165, 1.54) is 32.5 Å². The second-order valence-corrected chi connectivity index (χ2v) is 4.11. The zero-order valence-corrected chi connectivity index (χ0v) is 12.3. The topological polar surface area (TPSA) is 21.1 Å². The van der Waals surface area contributed by atoms with Crippen LogP contribution in [-0.4, -0.2) is 41.0 Å². The minimum Gasteiger partial charge on any atom is -0.304 e. The summed E-state index contributed by atoms with van der Waals surface area (Å²) in [5.74, 6) is 0. The largest absolute Gasteiger partial charge is 0.304 e. The molecule has 18 heavy (non-hydrogen) atoms. The molecule has 2 rings (SSSR count). The van der Waals surface area contributed by atoms with Crippen molar-refractivity contribution in [3.8, 4) is 0 Å². The van der Waals surface area contributed by atoms with Crippen molar-refractivity contribution in [2.75, 3.05) is 26.3 Å². The molecule has 0 aliphatic carbocycles. The average Bonchev–Trinajstić information content (AvgIpc) is 3.04. The molecule has 1 fully saturated rings. The number of rotatable bonds is 3. The van der Waals surface area contributed by atoms with Crippen molar-refractivity contribution in [1.29, 1.82) is 0 Å². The van der Waals surface area contributed by atoms with Crippen LogP contribution in [0.2, 0.25) is 0 Å². The standard InChI is InChI=1S/C6H9FN2.C6H13N.C2H6/c1-6-4-8-9(5-6)3-2-7;1-2-7-5-3-4-6-7;1-2/h4-5H,2-3H2,1H3;2-6H2,1H3;1-2H3. The van der Waals surface area contributed by atoms with Crippen molar-refractivity contribution >= 4 is 0 Å². The van der Waals surface area contributed by atoms with E-state index in [1.807, 2.05) is 27.0 Å². The van der Waals surface area contributed by atoms with Crippen LogP contribution in [0.5, 0.6) is 0 Å². The van der Waals surface area contributed by atoms with E-state index in [0.717, 1.165) is 5.56 Å². The van der Waals surface area contributed by atoms with E-state index in [0.29, 0.717) is 6.54 Å². The van der Waals surface area contributed by atoms with E-state index >= 15 is 0 Å². The van der Waals surface area contributed by atoms with Crippen LogP contribution in [0.25, 0.3) is 0 Å². The van der Waals surface area contributed by atoms with Crippen LogP contribution in [0.1, 0.15) is 39.2 Å². The van der Waals surface area contributed by atoms with E-state index in [1.54, 1.807) is 10.9 Å². The van der Waals surface area contributed by atoms with Crippen LogP contribution in [-0.2, 0) is 6.54 Å². The van der Waals surface area contributed by atoms with Gasteiger partial charge in [0.2, 0.25) is 0 Å². The molecule has 1 aromatic rings. The normalized spacial score (nSPS) is 14.5. The summed E-state index contributed by atoms with van der Waals surface area (Å²) in [6, 6.07) is 0. The van der Waals surface area contributed by atoms with Crippen molar-refractivity contribution in [3.63, 3.8) is 0 Å². The van der Waals surface area contributed by atoms with E-state index in [2.05, 4.69) is 16.9 Å². The molecular weight excluding hydrogens is 229 g/mol. The van der Waals surface area contributed by atoms with Crippen LogP contribution in [0.3, 0.4) is 0 Å². The van der Waals surface area contributed by atoms with Crippen molar-refractivity contribution in [3.05, 3.63) is 18.0 Å². The zero-order valence-electron chi connectivity index (χ0n) is 12.3. The maximum Gasteiger partial charge on any atom is 0.109 e. The lowest BCUT2D eigenvalue weighted by molar-refractivity contribution is 0.359. The van der Waals surface area contributed by atoms with Crippen molar-refractivity contribution in [2.24, 2.45) is 0 Å². The molecule has 0 aromatic carbocycles. The molecule has 4 heteroatoms. The fraction of sp³-hybridized carbons (Fsp3) is 0.786. The molecular formula is C14H28FN3. The highest BCUT2D eigenvalue weighted by Gasteiger charge is 2.06. The number of aryl methyl sites for hydroxylation is 2. The van der Waals surface area contributed by atoms with Gasteiger partial charge < -0.3 is 4.90 Å². The number of likely N-dealkylation sites (tertiary alicyclic amines) is 1. The number of halogens is 1. The summed E-state index contributed by atoms with van der Waals surface area (Å²) in [6.07, 6.45) is 6.39. The number of hydrogen-bond donors (Lipinski definition) is 0. The molecule has 1 aromatic heterocycles. The molecule has 0 unspecified atom stereocenters. The Kier molecular flexibility index (Phi) is 10.6. The lowest BCUT2D eigenvalue weighted by Gasteiger charge is -2.08. The smallest absolute Gasteiger partial charge is 0.109 e. The van der Waals surface area contributed by atoms with Gasteiger partial charge in [0.05, 0.1) is 12.7 Å². The molecule has 1 aliphatic heterocycles. The predicted octanol–water partition coefficient (Wildman–Crippen LogP) is 3.29. The fourth-order valence-corrected chi connectivity index (χ4v) is 1.77. The fourth-order valence-electron chi connectivity index (χ4n) is 1.77. The van der Waals surface area contributed by atoms with E-state index < -0.39 is 0 Å². The van der Waals surface area contributed by atoms with Gasteiger partial charge in [-0.3, -0.25) is 4.68 Å². The average molecular weight is 257 g/mol. The highest BCUT2D eigenvalue weighted by molar-refractivity contribution is 4.99. The van der Waals surface area contributed by atoms with E-state index in [-0.39, 0.29) is 6.67 Å². The first-order valence-electron chi connectivity index (χ1n) is 7.03. The highest BCUT2D eigenvalue weighted by Crippen LogP contribution is 2.04. The minimum atomic E-state index is -0.346. The summed E-state index contributed by atoms with van der Waals surface area (Å²) in [5.41, 5.74) is 1.07. The predicted molar refractivity (Wildman–Crippen MR) is 75.6 cm³/mol. The summed E-state index contributed by atoms with van der Waals surface area (Å²) >= 11 is 0. The Morgan fingerprint density at radius 3 is 2.22 bits per heavy atom. The highest BCUT2D eigenvalue weighted by atomic mass is 19.1. The van der Waals surface area contributed by atoms with Crippen molar-refractivity contribution in [2.45, 2.75) is 47.1 Å². The monoisotopic (exact) mass is 257 g/mol. The van der Waals surface area contributed by atoms with Crippen LogP contribution in [0.15, 0.2) is 12.4 Å². The molecule has 0 atom stereocenters. The lowest BCUT2D eigenvalue weighted by atomic mass is 10.4. The third-order valence-electron chi connectivity index (χ3n) is 2.72. The first kappa shape index (κ1) is 17.1. The Hall–Kier alpha value is -0.900. The van der Waals surface area contributed by atoms with E-state index in [4.69, 9.17) is 0 Å². The molecule has 0 radical (unpaired) electrons. The first-order valence-corrected chi connectivity index (χ1v) is 7.03. The minimum absolute atomic E-state index is 0.346. The Bertz CT molecular complexity index is 280. The Morgan fingerprint density at radius 2 is 1.89 bits per heavy atom. The van der Waals surface area contributed by atoms with Gasteiger partial charge in [-0.15, -0.1) is 0 Å². The van der Waals surface area contributed by atoms with Gasteiger partial charge in [0.15, 0.2) is 0 Å². The second-order valence-electron chi connectivity index (χ2n) is 4.11. The van der Waals surface area contributed by atoms with Gasteiger partial charge in [0, 0.05) is 6.20 Å². The molecule has 2 heterocycles. The first-order chi connectivity index (χ1) is 8.76. The Morgan fingerprint density at radius 1 is 1.28 bits per heavy atom. The third kappa shape index (κ3) is 7.43. The van der Waals surface area contributed by atoms with Crippen LogP contribution >= 0.6 is 0 Å². The van der Waals surface area contributed by atoms with Crippen LogP contribution in [0.4, 0.5) is 4.39 Å². The summed E-state index contributed by atoms with van der Waals surface area (Å²) in [4.78, 5) is 2.49. The molecule has 0 spiro atoms. The maximum absolute atomic E-state index is 11.6. The molecule has 0 amide bonds. The SMILES string of the molecule is CC.CCN1CCCC1.Cc1cnn(CCF)c1. The molecule has 0 saturated carbocycles. The molecule has 106 valence electrons. The van der Waals surface area contributed by atoms with Gasteiger partial charge in [-0.2, -0.15) is 5.10 Å². The quantitative estimate of drug-likeness (QED) is 0.828. The van der Waals surface area contributed by atoms with Crippen molar-refractivity contribution < 1.29 is 4.39 Å². The summed E-state index contributed by atoms with van der Waals surface area (Å²) in [6.45, 7) is 12.1. The van der Waals surface area contributed by atoms with Gasteiger partial charge in [-0.1, -0.05) is 20.8 Å². The second kappa shape index (κ2) is 11.2. The number of aromatic nitrogens is 2. The lowest BCUT2D eigenvalue weighted by Crippen LogP contribution is -2.17. The number of hydrogen-bond acceptors (Lipinski definition) is 2. The van der Waals surface area contributed by atoms with Gasteiger partial charge in [-0.25, -0.2) is 4.39 Å². The Labute approximate surface area is 111 Å². The van der Waals surface area contributed by atoms with Crippen LogP contribution < -0.4 is 0 Å². The van der Waals surface area contributed by atoms with Gasteiger partial charge >= 0.3 is 0 Å². The zero-order chi connectivity index (χ0) is 13.8. The molecule has 3 nitrogen and oxygen atoms in total. The molecule has 0 N–H and O–H groups in total. The van der Waals surface area contributed by atoms with Crippen molar-refractivity contribution in [1.82, 2.24) is 14.7 Å². The van der Waals surface area contributed by atoms with Gasteiger partial charge in [-0.05, 0) is 45.0 Å². The summed E-state index contributed by atoms with van der Waals surface area (Å²) in [7, 11) is 0. The number of nitrogens with zero attached hydrogens (tertiary/aromatic N) is 3. The molecule has 1 aliphatic rings. The third-order valence-corrected chi connectivity index (χ3v) is 2.72. The van der Waals surface area contributed by atoms with Gasteiger partial charge in [0.25, 0.3) is 0 Å². The summed E-state index contributed by atoms with van der Waals surface area (Å²) < 4.78 is 13.2. The maximum atomic E-state index is 11.6. The molecule has 0 bridgehead atoms. The molecule has 1 saturated heterocycles. The summed E-state index contributed by atoms with van der Waals surface area (Å²) in [5, 5.41) is 3.88. The Balaban J connectivity index is 0.000000289. The van der Waals surface area contributed by atoms with E-state index in [9.17, 15) is 4.39 Å².